The fourth-order valence-corrected chi connectivity index (χ4v) is 1.08. The minimum absolute atomic E-state index is 0.598. The molecule has 2 N–H and O–H groups in total. The summed E-state index contributed by atoms with van der Waals surface area (Å²) in [5, 5.41) is 12.6. The standard InChI is InChI=1S/C7H9NO2/c9-7(4-8-5-7)6-2-1-3-10-6/h1-3,8-9H,4-5H2. The Balaban J connectivity index is 2.27. The van der Waals surface area contributed by atoms with E-state index < -0.39 is 5.60 Å². The van der Waals surface area contributed by atoms with Gasteiger partial charge in [0, 0.05) is 13.1 Å². The van der Waals surface area contributed by atoms with Gasteiger partial charge in [0.05, 0.1) is 6.26 Å². The lowest BCUT2D eigenvalue weighted by molar-refractivity contribution is -0.0332. The summed E-state index contributed by atoms with van der Waals surface area (Å²) in [7, 11) is 0. The van der Waals surface area contributed by atoms with Gasteiger partial charge in [-0.3, -0.25) is 0 Å². The van der Waals surface area contributed by atoms with Crippen LogP contribution in [-0.4, -0.2) is 18.2 Å². The van der Waals surface area contributed by atoms with Gasteiger partial charge >= 0.3 is 0 Å². The molecule has 10 heavy (non-hydrogen) atoms. The number of furan rings is 1. The van der Waals surface area contributed by atoms with Crippen molar-refractivity contribution in [2.24, 2.45) is 0 Å². The molecular weight excluding hydrogens is 130 g/mol. The van der Waals surface area contributed by atoms with Gasteiger partial charge in [-0.2, -0.15) is 0 Å². The second-order valence-corrected chi connectivity index (χ2v) is 2.61. The summed E-state index contributed by atoms with van der Waals surface area (Å²) in [4.78, 5) is 0. The van der Waals surface area contributed by atoms with Gasteiger partial charge in [-0.15, -0.1) is 0 Å². The topological polar surface area (TPSA) is 45.4 Å². The van der Waals surface area contributed by atoms with Crippen molar-refractivity contribution in [2.45, 2.75) is 5.60 Å². The summed E-state index contributed by atoms with van der Waals surface area (Å²) in [5.41, 5.74) is -0.733. The Morgan fingerprint density at radius 3 is 2.80 bits per heavy atom. The molecule has 0 spiro atoms. The van der Waals surface area contributed by atoms with Crippen LogP contribution in [0.5, 0.6) is 0 Å². The van der Waals surface area contributed by atoms with E-state index in [9.17, 15) is 5.11 Å². The molecule has 0 atom stereocenters. The molecule has 54 valence electrons. The van der Waals surface area contributed by atoms with Crippen molar-refractivity contribution in [3.63, 3.8) is 0 Å². The van der Waals surface area contributed by atoms with E-state index in [1.165, 1.54) is 0 Å². The van der Waals surface area contributed by atoms with E-state index in [1.807, 2.05) is 0 Å². The Hall–Kier alpha value is -0.800. The van der Waals surface area contributed by atoms with Crippen molar-refractivity contribution in [3.8, 4) is 0 Å². The molecule has 1 aliphatic heterocycles. The van der Waals surface area contributed by atoms with Gasteiger partial charge in [-0.05, 0) is 12.1 Å². The number of nitrogens with one attached hydrogen (secondary N) is 1. The number of β-amino-alcohol motifs (C(OH)–C–C–N with tert-alkyl or cyclic N) is 1. The third kappa shape index (κ3) is 0.678. The molecular formula is C7H9NO2. The number of rotatable bonds is 1. The Kier molecular flexibility index (Phi) is 1.09. The highest BCUT2D eigenvalue weighted by molar-refractivity contribution is 5.14. The Bertz CT molecular complexity index is 214. The highest BCUT2D eigenvalue weighted by Crippen LogP contribution is 2.24. The predicted octanol–water partition coefficient (Wildman–Crippen LogP) is 0.0704. The third-order valence-corrected chi connectivity index (χ3v) is 1.81. The van der Waals surface area contributed by atoms with Gasteiger partial charge < -0.3 is 14.8 Å². The van der Waals surface area contributed by atoms with Crippen LogP contribution in [0.15, 0.2) is 22.8 Å². The number of hydrogen-bond acceptors (Lipinski definition) is 3. The molecule has 1 aromatic rings. The van der Waals surface area contributed by atoms with E-state index in [0.717, 1.165) is 0 Å². The molecule has 1 aliphatic rings. The molecule has 0 bridgehead atoms. The number of hydrogen-bond donors (Lipinski definition) is 2. The molecule has 3 nitrogen and oxygen atoms in total. The van der Waals surface area contributed by atoms with Crippen molar-refractivity contribution in [1.82, 2.24) is 5.32 Å². The van der Waals surface area contributed by atoms with E-state index in [0.29, 0.717) is 18.8 Å². The van der Waals surface area contributed by atoms with E-state index in [4.69, 9.17) is 4.42 Å². The minimum atomic E-state index is -0.733. The van der Waals surface area contributed by atoms with Crippen LogP contribution in [0, 0.1) is 0 Å². The SMILES string of the molecule is OC1(c2ccco2)CNC1. The first kappa shape index (κ1) is 5.95. The summed E-state index contributed by atoms with van der Waals surface area (Å²) in [6.07, 6.45) is 1.58. The van der Waals surface area contributed by atoms with Gasteiger partial charge in [-0.25, -0.2) is 0 Å². The first-order valence-corrected chi connectivity index (χ1v) is 3.28. The molecule has 3 heteroatoms. The maximum absolute atomic E-state index is 9.61. The van der Waals surface area contributed by atoms with E-state index >= 15 is 0 Å². The lowest BCUT2D eigenvalue weighted by Crippen LogP contribution is -2.56. The highest BCUT2D eigenvalue weighted by atomic mass is 16.4. The molecule has 1 aromatic heterocycles. The van der Waals surface area contributed by atoms with Gasteiger partial charge in [-0.1, -0.05) is 0 Å². The molecule has 0 aromatic carbocycles. The summed E-state index contributed by atoms with van der Waals surface area (Å²) in [5.74, 6) is 0.659. The molecule has 0 aliphatic carbocycles. The molecule has 0 amide bonds. The molecule has 0 radical (unpaired) electrons. The average Bonchev–Trinajstić information content (AvgIpc) is 2.33. The van der Waals surface area contributed by atoms with Crippen LogP contribution in [0.2, 0.25) is 0 Å². The predicted molar refractivity (Wildman–Crippen MR) is 35.5 cm³/mol. The summed E-state index contributed by atoms with van der Waals surface area (Å²) in [6.45, 7) is 1.20. The van der Waals surface area contributed by atoms with Crippen molar-refractivity contribution >= 4 is 0 Å². The Labute approximate surface area is 58.7 Å². The van der Waals surface area contributed by atoms with Crippen LogP contribution in [0.1, 0.15) is 5.76 Å². The molecule has 0 saturated carbocycles. The Morgan fingerprint density at radius 1 is 1.60 bits per heavy atom. The second kappa shape index (κ2) is 1.84. The third-order valence-electron chi connectivity index (χ3n) is 1.81. The van der Waals surface area contributed by atoms with Crippen LogP contribution in [0.4, 0.5) is 0 Å². The summed E-state index contributed by atoms with van der Waals surface area (Å²) >= 11 is 0. The van der Waals surface area contributed by atoms with Crippen LogP contribution < -0.4 is 5.32 Å². The van der Waals surface area contributed by atoms with Gasteiger partial charge in [0.1, 0.15) is 11.4 Å². The normalized spacial score (nSPS) is 22.1. The monoisotopic (exact) mass is 139 g/mol. The zero-order valence-corrected chi connectivity index (χ0v) is 5.50. The number of aliphatic hydroxyl groups is 1. The molecule has 1 saturated heterocycles. The maximum Gasteiger partial charge on any atom is 0.147 e. The summed E-state index contributed by atoms with van der Waals surface area (Å²) in [6, 6.07) is 3.58. The molecule has 2 rings (SSSR count). The highest BCUT2D eigenvalue weighted by Gasteiger charge is 2.38. The van der Waals surface area contributed by atoms with Crippen LogP contribution >= 0.6 is 0 Å². The zero-order chi connectivity index (χ0) is 7.03. The van der Waals surface area contributed by atoms with Crippen LogP contribution in [0.25, 0.3) is 0 Å². The second-order valence-electron chi connectivity index (χ2n) is 2.61. The molecule has 2 heterocycles. The van der Waals surface area contributed by atoms with Crippen LogP contribution in [0.3, 0.4) is 0 Å². The van der Waals surface area contributed by atoms with E-state index in [2.05, 4.69) is 5.32 Å². The van der Waals surface area contributed by atoms with Gasteiger partial charge in [0.25, 0.3) is 0 Å². The maximum atomic E-state index is 9.61. The van der Waals surface area contributed by atoms with Gasteiger partial charge in [0.15, 0.2) is 0 Å². The van der Waals surface area contributed by atoms with Crippen molar-refractivity contribution in [1.29, 1.82) is 0 Å². The first-order valence-electron chi connectivity index (χ1n) is 3.28. The fraction of sp³-hybridized carbons (Fsp3) is 0.429. The van der Waals surface area contributed by atoms with Crippen molar-refractivity contribution in [2.75, 3.05) is 13.1 Å². The molecule has 0 unspecified atom stereocenters. The fourth-order valence-electron chi connectivity index (χ4n) is 1.08. The summed E-state index contributed by atoms with van der Waals surface area (Å²) < 4.78 is 5.05. The van der Waals surface area contributed by atoms with Crippen molar-refractivity contribution < 1.29 is 9.52 Å². The van der Waals surface area contributed by atoms with Gasteiger partial charge in [0.2, 0.25) is 0 Å². The average molecular weight is 139 g/mol. The first-order chi connectivity index (χ1) is 4.81. The minimum Gasteiger partial charge on any atom is -0.466 e. The van der Waals surface area contributed by atoms with E-state index in [-0.39, 0.29) is 0 Å². The lowest BCUT2D eigenvalue weighted by Gasteiger charge is -2.35. The smallest absolute Gasteiger partial charge is 0.147 e. The molecule has 1 fully saturated rings. The Morgan fingerprint density at radius 2 is 2.40 bits per heavy atom. The largest absolute Gasteiger partial charge is 0.466 e. The lowest BCUT2D eigenvalue weighted by atomic mass is 9.94. The van der Waals surface area contributed by atoms with Crippen LogP contribution in [-0.2, 0) is 5.60 Å². The van der Waals surface area contributed by atoms with Crippen molar-refractivity contribution in [3.05, 3.63) is 24.2 Å². The zero-order valence-electron chi connectivity index (χ0n) is 5.50. The quantitative estimate of drug-likeness (QED) is 0.578. The van der Waals surface area contributed by atoms with E-state index in [1.54, 1.807) is 18.4 Å².